The third-order valence-electron chi connectivity index (χ3n) is 6.03. The topological polar surface area (TPSA) is 40.6 Å². The first-order valence-corrected chi connectivity index (χ1v) is 10.5. The van der Waals surface area contributed by atoms with Crippen LogP contribution in [0.3, 0.4) is 0 Å². The largest absolute Gasteiger partial charge is 0.292 e. The number of carbonyl (C=O) groups excluding carboxylic acids is 2. The van der Waals surface area contributed by atoms with E-state index < -0.39 is 0 Å². The van der Waals surface area contributed by atoms with Crippen molar-refractivity contribution in [2.24, 2.45) is 5.92 Å². The van der Waals surface area contributed by atoms with Crippen LogP contribution in [0.5, 0.6) is 0 Å². The second kappa shape index (κ2) is 8.64. The number of amides is 2. The van der Waals surface area contributed by atoms with Crippen LogP contribution in [0.4, 0.5) is 10.1 Å². The maximum atomic E-state index is 13.3. The summed E-state index contributed by atoms with van der Waals surface area (Å²) in [6.07, 6.45) is 4.11. The number of imide groups is 1. The number of anilines is 1. The molecule has 0 spiro atoms. The van der Waals surface area contributed by atoms with E-state index in [-0.39, 0.29) is 30.1 Å². The number of hydrogen-bond donors (Lipinski definition) is 0. The number of rotatable bonds is 5. The highest BCUT2D eigenvalue weighted by Gasteiger charge is 2.43. The molecule has 2 aliphatic heterocycles. The Balaban J connectivity index is 1.32. The van der Waals surface area contributed by atoms with Crippen LogP contribution in [-0.4, -0.2) is 35.8 Å². The molecule has 2 aliphatic rings. The van der Waals surface area contributed by atoms with Gasteiger partial charge in [0.15, 0.2) is 0 Å². The number of nitrogens with zero attached hydrogens (tertiary/aromatic N) is 2. The van der Waals surface area contributed by atoms with Gasteiger partial charge < -0.3 is 0 Å². The van der Waals surface area contributed by atoms with Gasteiger partial charge in [0.1, 0.15) is 5.82 Å². The Hall–Kier alpha value is -2.24. The number of carbonyl (C=O) groups is 2. The lowest BCUT2D eigenvalue weighted by atomic mass is 9.90. The Bertz CT molecular complexity index is 894. The van der Waals surface area contributed by atoms with Crippen LogP contribution in [-0.2, 0) is 16.0 Å². The second-order valence-electron chi connectivity index (χ2n) is 7.91. The van der Waals surface area contributed by atoms with Crippen molar-refractivity contribution in [2.75, 3.05) is 18.0 Å². The maximum absolute atomic E-state index is 13.3. The molecule has 2 heterocycles. The van der Waals surface area contributed by atoms with Crippen molar-refractivity contribution in [2.45, 2.75) is 38.1 Å². The van der Waals surface area contributed by atoms with E-state index in [0.29, 0.717) is 16.6 Å². The number of halogens is 2. The van der Waals surface area contributed by atoms with Crippen LogP contribution in [0, 0.1) is 11.7 Å². The molecule has 0 bridgehead atoms. The van der Waals surface area contributed by atoms with Crippen molar-refractivity contribution in [3.05, 3.63) is 64.9 Å². The Labute approximate surface area is 175 Å². The van der Waals surface area contributed by atoms with Gasteiger partial charge in [-0.25, -0.2) is 9.29 Å². The van der Waals surface area contributed by atoms with Gasteiger partial charge >= 0.3 is 0 Å². The third kappa shape index (κ3) is 4.51. The molecule has 6 heteroatoms. The molecule has 2 saturated heterocycles. The summed E-state index contributed by atoms with van der Waals surface area (Å²) in [5, 5.41) is 0.574. The first-order chi connectivity index (χ1) is 14.0. The van der Waals surface area contributed by atoms with Gasteiger partial charge in [0.05, 0.1) is 18.2 Å². The van der Waals surface area contributed by atoms with Crippen LogP contribution < -0.4 is 4.90 Å². The van der Waals surface area contributed by atoms with Crippen LogP contribution in [0.1, 0.15) is 31.2 Å². The molecule has 2 amide bonds. The molecule has 0 saturated carbocycles. The van der Waals surface area contributed by atoms with E-state index in [1.807, 2.05) is 6.07 Å². The number of likely N-dealkylation sites (tertiary alicyclic amines) is 1. The zero-order chi connectivity index (χ0) is 20.4. The van der Waals surface area contributed by atoms with Crippen molar-refractivity contribution in [3.63, 3.8) is 0 Å². The van der Waals surface area contributed by atoms with Crippen LogP contribution >= 0.6 is 11.6 Å². The molecule has 0 unspecified atom stereocenters. The van der Waals surface area contributed by atoms with E-state index in [0.717, 1.165) is 44.3 Å². The molecule has 29 heavy (non-hydrogen) atoms. The van der Waals surface area contributed by atoms with Crippen LogP contribution in [0.15, 0.2) is 48.5 Å². The summed E-state index contributed by atoms with van der Waals surface area (Å²) in [5.41, 5.74) is 1.61. The fourth-order valence-electron chi connectivity index (χ4n) is 4.38. The van der Waals surface area contributed by atoms with E-state index in [1.165, 1.54) is 11.0 Å². The predicted molar refractivity (Wildman–Crippen MR) is 111 cm³/mol. The number of aryl methyl sites for hydroxylation is 1. The Kier molecular flexibility index (Phi) is 5.97. The van der Waals surface area contributed by atoms with Gasteiger partial charge in [-0.3, -0.25) is 14.5 Å². The number of hydrogen-bond acceptors (Lipinski definition) is 3. The van der Waals surface area contributed by atoms with Crippen molar-refractivity contribution in [1.82, 2.24) is 4.90 Å². The molecule has 0 aromatic heterocycles. The van der Waals surface area contributed by atoms with Crippen molar-refractivity contribution >= 4 is 29.1 Å². The van der Waals surface area contributed by atoms with Crippen LogP contribution in [0.2, 0.25) is 5.02 Å². The zero-order valence-corrected chi connectivity index (χ0v) is 16.9. The van der Waals surface area contributed by atoms with Gasteiger partial charge in [0.2, 0.25) is 5.91 Å². The lowest BCUT2D eigenvalue weighted by molar-refractivity contribution is -0.123. The van der Waals surface area contributed by atoms with Gasteiger partial charge in [-0.2, -0.15) is 0 Å². The molecular weight excluding hydrogens is 391 g/mol. The minimum absolute atomic E-state index is 0.143. The molecule has 0 aliphatic carbocycles. The molecular formula is C23H24ClFN2O2. The van der Waals surface area contributed by atoms with Crippen molar-refractivity contribution < 1.29 is 14.0 Å². The monoisotopic (exact) mass is 414 g/mol. The first-order valence-electron chi connectivity index (χ1n) is 10.1. The quantitative estimate of drug-likeness (QED) is 0.678. The molecule has 152 valence electrons. The second-order valence-corrected chi connectivity index (χ2v) is 8.35. The highest BCUT2D eigenvalue weighted by molar-refractivity contribution is 6.30. The third-order valence-corrected chi connectivity index (χ3v) is 6.28. The fourth-order valence-corrected chi connectivity index (χ4v) is 4.51. The summed E-state index contributed by atoms with van der Waals surface area (Å²) in [5.74, 6) is 0.0761. The first kappa shape index (κ1) is 20.0. The summed E-state index contributed by atoms with van der Waals surface area (Å²) in [6.45, 7) is 1.62. The van der Waals surface area contributed by atoms with Crippen molar-refractivity contribution in [3.8, 4) is 0 Å². The Morgan fingerprint density at radius 3 is 2.45 bits per heavy atom. The van der Waals surface area contributed by atoms with E-state index in [2.05, 4.69) is 4.90 Å². The van der Waals surface area contributed by atoms with Gasteiger partial charge in [-0.1, -0.05) is 23.7 Å². The van der Waals surface area contributed by atoms with E-state index >= 15 is 0 Å². The molecule has 0 N–H and O–H groups in total. The molecule has 2 aromatic rings. The summed E-state index contributed by atoms with van der Waals surface area (Å²) in [7, 11) is 0. The molecule has 2 fully saturated rings. The van der Waals surface area contributed by atoms with Crippen molar-refractivity contribution in [1.29, 1.82) is 0 Å². The van der Waals surface area contributed by atoms with E-state index in [1.54, 1.807) is 36.4 Å². The highest BCUT2D eigenvalue weighted by Crippen LogP contribution is 2.30. The average molecular weight is 415 g/mol. The molecule has 4 nitrogen and oxygen atoms in total. The summed E-state index contributed by atoms with van der Waals surface area (Å²) >= 11 is 5.91. The molecule has 4 rings (SSSR count). The minimum Gasteiger partial charge on any atom is -0.292 e. The SMILES string of the molecule is O=C1C[C@@H](N2CCC(CCc3cccc(F)c3)CC2)C(=O)N1c1ccc(Cl)cc1. The summed E-state index contributed by atoms with van der Waals surface area (Å²) < 4.78 is 13.3. The highest BCUT2D eigenvalue weighted by atomic mass is 35.5. The van der Waals surface area contributed by atoms with Crippen LogP contribution in [0.25, 0.3) is 0 Å². The normalized spacial score (nSPS) is 21.2. The summed E-state index contributed by atoms with van der Waals surface area (Å²) in [6, 6.07) is 13.2. The zero-order valence-electron chi connectivity index (χ0n) is 16.2. The minimum atomic E-state index is -0.373. The van der Waals surface area contributed by atoms with Gasteiger partial charge in [-0.15, -0.1) is 0 Å². The van der Waals surface area contributed by atoms with Gasteiger partial charge in [0, 0.05) is 5.02 Å². The molecule has 0 radical (unpaired) electrons. The fraction of sp³-hybridized carbons (Fsp3) is 0.391. The number of benzene rings is 2. The maximum Gasteiger partial charge on any atom is 0.251 e. The standard InChI is InChI=1S/C23H24ClFN2O2/c24-18-6-8-20(9-7-18)27-22(28)15-21(23(27)29)26-12-10-16(11-13-26)4-5-17-2-1-3-19(25)14-17/h1-3,6-9,14,16,21H,4-5,10-13,15H2/t21-/m1/s1. The molecule has 2 aromatic carbocycles. The predicted octanol–water partition coefficient (Wildman–Crippen LogP) is 4.46. The smallest absolute Gasteiger partial charge is 0.251 e. The molecule has 1 atom stereocenters. The average Bonchev–Trinajstić information content (AvgIpc) is 3.02. The van der Waals surface area contributed by atoms with E-state index in [4.69, 9.17) is 11.6 Å². The number of piperidine rings is 1. The Morgan fingerprint density at radius 1 is 1.03 bits per heavy atom. The lowest BCUT2D eigenvalue weighted by Gasteiger charge is -2.34. The van der Waals surface area contributed by atoms with E-state index in [9.17, 15) is 14.0 Å². The lowest BCUT2D eigenvalue weighted by Crippen LogP contribution is -2.46. The van der Waals surface area contributed by atoms with Gasteiger partial charge in [0.25, 0.3) is 5.91 Å². The van der Waals surface area contributed by atoms with Gasteiger partial charge in [-0.05, 0) is 86.7 Å². The summed E-state index contributed by atoms with van der Waals surface area (Å²) in [4.78, 5) is 28.8. The Morgan fingerprint density at radius 2 is 1.76 bits per heavy atom.